The van der Waals surface area contributed by atoms with Crippen LogP contribution in [0.5, 0.6) is 17.2 Å². The SMILES string of the molecule is CCOc1cc(/C=N/N(Cc2ccccc2)C(=S)Nc2ccc(Cl)c(Cl)c2)ccc1OCCOc1ccc(C)cc1. The topological polar surface area (TPSA) is 55.3 Å². The Balaban J connectivity index is 1.45. The minimum absolute atomic E-state index is 0.376. The minimum Gasteiger partial charge on any atom is -0.490 e. The highest BCUT2D eigenvalue weighted by molar-refractivity contribution is 7.80. The number of hydrogen-bond acceptors (Lipinski definition) is 5. The summed E-state index contributed by atoms with van der Waals surface area (Å²) in [6.07, 6.45) is 1.73. The van der Waals surface area contributed by atoms with Gasteiger partial charge in [0.15, 0.2) is 16.6 Å². The Hall–Kier alpha value is -3.78. The summed E-state index contributed by atoms with van der Waals surface area (Å²) in [5, 5.41) is 10.9. The molecule has 0 aliphatic carbocycles. The molecule has 212 valence electrons. The van der Waals surface area contributed by atoms with E-state index in [9.17, 15) is 0 Å². The lowest BCUT2D eigenvalue weighted by Crippen LogP contribution is -2.30. The van der Waals surface area contributed by atoms with Crippen molar-refractivity contribution in [3.8, 4) is 17.2 Å². The second-order valence-electron chi connectivity index (χ2n) is 9.00. The molecule has 0 aliphatic heterocycles. The maximum Gasteiger partial charge on any atom is 0.194 e. The number of halogens is 2. The average Bonchev–Trinajstić information content (AvgIpc) is 2.97. The van der Waals surface area contributed by atoms with E-state index in [0.717, 1.165) is 16.9 Å². The van der Waals surface area contributed by atoms with E-state index in [4.69, 9.17) is 54.7 Å². The number of ether oxygens (including phenoxy) is 3. The van der Waals surface area contributed by atoms with Crippen molar-refractivity contribution >= 4 is 52.4 Å². The fraction of sp³-hybridized carbons (Fsp3) is 0.188. The van der Waals surface area contributed by atoms with E-state index < -0.39 is 0 Å². The maximum atomic E-state index is 6.19. The van der Waals surface area contributed by atoms with Crippen molar-refractivity contribution in [1.29, 1.82) is 0 Å². The summed E-state index contributed by atoms with van der Waals surface area (Å²) in [6, 6.07) is 28.8. The molecule has 0 atom stereocenters. The molecule has 0 aromatic heterocycles. The minimum atomic E-state index is 0.376. The molecule has 0 unspecified atom stereocenters. The third-order valence-electron chi connectivity index (χ3n) is 5.82. The number of rotatable bonds is 12. The van der Waals surface area contributed by atoms with Gasteiger partial charge in [-0.05, 0) is 85.7 Å². The first-order valence-electron chi connectivity index (χ1n) is 13.1. The molecule has 1 N–H and O–H groups in total. The Kier molecular flexibility index (Phi) is 11.3. The lowest BCUT2D eigenvalue weighted by atomic mass is 10.2. The van der Waals surface area contributed by atoms with Crippen LogP contribution < -0.4 is 19.5 Å². The van der Waals surface area contributed by atoms with E-state index in [1.807, 2.05) is 92.7 Å². The van der Waals surface area contributed by atoms with Crippen LogP contribution >= 0.6 is 35.4 Å². The summed E-state index contributed by atoms with van der Waals surface area (Å²) in [4.78, 5) is 0. The molecule has 0 radical (unpaired) electrons. The Morgan fingerprint density at radius 2 is 1.61 bits per heavy atom. The molecule has 0 aliphatic rings. The number of hydrogen-bond donors (Lipinski definition) is 1. The van der Waals surface area contributed by atoms with Gasteiger partial charge in [0.25, 0.3) is 0 Å². The summed E-state index contributed by atoms with van der Waals surface area (Å²) in [5.74, 6) is 2.06. The summed E-state index contributed by atoms with van der Waals surface area (Å²) in [5.41, 5.74) is 3.78. The first-order valence-corrected chi connectivity index (χ1v) is 14.3. The second-order valence-corrected chi connectivity index (χ2v) is 10.2. The van der Waals surface area contributed by atoms with Gasteiger partial charge in [0.2, 0.25) is 0 Å². The normalized spacial score (nSPS) is 10.8. The van der Waals surface area contributed by atoms with E-state index in [1.165, 1.54) is 5.56 Å². The molecule has 0 fully saturated rings. The van der Waals surface area contributed by atoms with Crippen molar-refractivity contribution < 1.29 is 14.2 Å². The van der Waals surface area contributed by atoms with Crippen LogP contribution in [0.4, 0.5) is 5.69 Å². The van der Waals surface area contributed by atoms with Gasteiger partial charge in [-0.15, -0.1) is 0 Å². The molecular weight excluding hydrogens is 577 g/mol. The second kappa shape index (κ2) is 15.3. The predicted octanol–water partition coefficient (Wildman–Crippen LogP) is 8.39. The van der Waals surface area contributed by atoms with Gasteiger partial charge >= 0.3 is 0 Å². The summed E-state index contributed by atoms with van der Waals surface area (Å²) in [6.45, 7) is 5.72. The standard InChI is InChI=1S/C32H31Cl2N3O3S/c1-3-38-31-19-25(11-16-30(31)40-18-17-39-27-13-9-23(2)10-14-27)21-35-37(22-24-7-5-4-6-8-24)32(41)36-26-12-15-28(33)29(34)20-26/h4-16,19-21H,3,17-18,22H2,1-2H3,(H,36,41)/b35-21+. The van der Waals surface area contributed by atoms with E-state index >= 15 is 0 Å². The molecule has 0 amide bonds. The molecule has 0 saturated carbocycles. The number of thiocarbonyl (C=S) groups is 1. The Morgan fingerprint density at radius 3 is 2.34 bits per heavy atom. The fourth-order valence-corrected chi connectivity index (χ4v) is 4.29. The number of benzene rings is 4. The zero-order valence-corrected chi connectivity index (χ0v) is 25.2. The van der Waals surface area contributed by atoms with Crippen LogP contribution in [-0.4, -0.2) is 36.2 Å². The zero-order chi connectivity index (χ0) is 29.0. The van der Waals surface area contributed by atoms with E-state index in [2.05, 4.69) is 5.32 Å². The van der Waals surface area contributed by atoms with Crippen molar-refractivity contribution in [2.75, 3.05) is 25.1 Å². The highest BCUT2D eigenvalue weighted by Crippen LogP contribution is 2.28. The molecule has 4 aromatic carbocycles. The van der Waals surface area contributed by atoms with E-state index in [0.29, 0.717) is 58.7 Å². The lowest BCUT2D eigenvalue weighted by molar-refractivity contribution is 0.208. The van der Waals surface area contributed by atoms with Gasteiger partial charge in [0.1, 0.15) is 19.0 Å². The summed E-state index contributed by atoms with van der Waals surface area (Å²) >= 11 is 18.0. The Labute approximate surface area is 256 Å². The molecule has 4 aromatic rings. The molecule has 9 heteroatoms. The predicted molar refractivity (Wildman–Crippen MR) is 172 cm³/mol. The van der Waals surface area contributed by atoms with Gasteiger partial charge in [-0.25, -0.2) is 5.01 Å². The maximum absolute atomic E-state index is 6.19. The molecule has 41 heavy (non-hydrogen) atoms. The van der Waals surface area contributed by atoms with Crippen molar-refractivity contribution in [1.82, 2.24) is 5.01 Å². The Bertz CT molecular complexity index is 1470. The molecule has 6 nitrogen and oxygen atoms in total. The van der Waals surface area contributed by atoms with E-state index in [-0.39, 0.29) is 0 Å². The third-order valence-corrected chi connectivity index (χ3v) is 6.88. The quantitative estimate of drug-likeness (QED) is 0.0755. The number of aryl methyl sites for hydroxylation is 1. The van der Waals surface area contributed by atoms with Crippen LogP contribution in [0.25, 0.3) is 0 Å². The fourth-order valence-electron chi connectivity index (χ4n) is 3.76. The van der Waals surface area contributed by atoms with Crippen LogP contribution in [0.3, 0.4) is 0 Å². The molecular formula is C32H31Cl2N3O3S. The highest BCUT2D eigenvalue weighted by atomic mass is 35.5. The smallest absolute Gasteiger partial charge is 0.194 e. The first kappa shape index (κ1) is 30.2. The average molecular weight is 609 g/mol. The van der Waals surface area contributed by atoms with Gasteiger partial charge in [-0.1, -0.05) is 71.2 Å². The molecule has 0 spiro atoms. The van der Waals surface area contributed by atoms with Gasteiger partial charge in [0, 0.05) is 5.69 Å². The van der Waals surface area contributed by atoms with Gasteiger partial charge in [0.05, 0.1) is 29.4 Å². The zero-order valence-electron chi connectivity index (χ0n) is 22.8. The number of anilines is 1. The van der Waals surface area contributed by atoms with Gasteiger partial charge in [-0.2, -0.15) is 5.10 Å². The van der Waals surface area contributed by atoms with Crippen LogP contribution in [0.1, 0.15) is 23.6 Å². The van der Waals surface area contributed by atoms with Crippen molar-refractivity contribution in [2.45, 2.75) is 20.4 Å². The van der Waals surface area contributed by atoms with Gasteiger partial charge < -0.3 is 19.5 Å². The number of hydrazone groups is 1. The summed E-state index contributed by atoms with van der Waals surface area (Å²) < 4.78 is 17.6. The van der Waals surface area contributed by atoms with Crippen molar-refractivity contribution in [3.05, 3.63) is 118 Å². The highest BCUT2D eigenvalue weighted by Gasteiger charge is 2.12. The number of nitrogens with zero attached hydrogens (tertiary/aromatic N) is 2. The number of nitrogens with one attached hydrogen (secondary N) is 1. The van der Waals surface area contributed by atoms with Crippen molar-refractivity contribution in [2.24, 2.45) is 5.10 Å². The van der Waals surface area contributed by atoms with Crippen LogP contribution in [0.2, 0.25) is 10.0 Å². The van der Waals surface area contributed by atoms with Gasteiger partial charge in [-0.3, -0.25) is 0 Å². The molecule has 0 bridgehead atoms. The summed E-state index contributed by atoms with van der Waals surface area (Å²) in [7, 11) is 0. The molecule has 0 heterocycles. The Morgan fingerprint density at radius 1 is 0.854 bits per heavy atom. The van der Waals surface area contributed by atoms with Crippen LogP contribution in [0.15, 0.2) is 96.1 Å². The monoisotopic (exact) mass is 607 g/mol. The van der Waals surface area contributed by atoms with Crippen molar-refractivity contribution in [3.63, 3.8) is 0 Å². The molecule has 4 rings (SSSR count). The first-order chi connectivity index (χ1) is 19.9. The third kappa shape index (κ3) is 9.39. The van der Waals surface area contributed by atoms with Crippen LogP contribution in [-0.2, 0) is 6.54 Å². The van der Waals surface area contributed by atoms with E-state index in [1.54, 1.807) is 23.4 Å². The molecule has 0 saturated heterocycles. The lowest BCUT2D eigenvalue weighted by Gasteiger charge is -2.21. The van der Waals surface area contributed by atoms with Crippen LogP contribution in [0, 0.1) is 6.92 Å². The largest absolute Gasteiger partial charge is 0.490 e.